The number of aryl methyl sites for hydroxylation is 1. The second kappa shape index (κ2) is 6.00. The highest BCUT2D eigenvalue weighted by molar-refractivity contribution is 5.79. The number of anilines is 1. The van der Waals surface area contributed by atoms with Crippen molar-refractivity contribution < 1.29 is 0 Å². The largest absolute Gasteiger partial charge is 0.374 e. The lowest BCUT2D eigenvalue weighted by molar-refractivity contribution is 0.795. The first kappa shape index (κ1) is 13.7. The van der Waals surface area contributed by atoms with Gasteiger partial charge in [-0.1, -0.05) is 31.5 Å². The number of benzene rings is 1. The van der Waals surface area contributed by atoms with Gasteiger partial charge in [0.25, 0.3) is 0 Å². The molecule has 3 nitrogen and oxygen atoms in total. The molecule has 0 aliphatic carbocycles. The lowest BCUT2D eigenvalue weighted by atomic mass is 10.0. The summed E-state index contributed by atoms with van der Waals surface area (Å²) in [5.74, 6) is 1.08. The van der Waals surface area contributed by atoms with Crippen LogP contribution in [0.3, 0.4) is 0 Å². The van der Waals surface area contributed by atoms with Crippen LogP contribution >= 0.6 is 0 Å². The SMILES string of the molecule is CCCCc1cccc(-c2nccn3c(NC)ccc23)c1. The number of unbranched alkanes of at least 4 members (excludes halogenated alkanes) is 1. The standard InChI is InChI=1S/C18H21N3/c1-3-4-6-14-7-5-8-15(13-14)18-16-9-10-17(19-2)21(16)12-11-20-18/h5,7-13,19H,3-4,6H2,1-2H3. The third-order valence-corrected chi connectivity index (χ3v) is 3.86. The molecule has 2 heterocycles. The summed E-state index contributed by atoms with van der Waals surface area (Å²) in [5.41, 5.74) is 4.75. The van der Waals surface area contributed by atoms with Crippen LogP contribution in [0.4, 0.5) is 5.82 Å². The van der Waals surface area contributed by atoms with Crippen LogP contribution in [-0.2, 0) is 6.42 Å². The van der Waals surface area contributed by atoms with Gasteiger partial charge >= 0.3 is 0 Å². The summed E-state index contributed by atoms with van der Waals surface area (Å²) in [4.78, 5) is 4.60. The first-order chi connectivity index (χ1) is 10.3. The summed E-state index contributed by atoms with van der Waals surface area (Å²) in [6.07, 6.45) is 7.45. The molecule has 0 aliphatic rings. The Balaban J connectivity index is 2.06. The van der Waals surface area contributed by atoms with Crippen molar-refractivity contribution in [2.75, 3.05) is 12.4 Å². The van der Waals surface area contributed by atoms with E-state index < -0.39 is 0 Å². The van der Waals surface area contributed by atoms with E-state index in [0.29, 0.717) is 0 Å². The quantitative estimate of drug-likeness (QED) is 0.750. The molecule has 3 rings (SSSR count). The van der Waals surface area contributed by atoms with Crippen molar-refractivity contribution in [1.29, 1.82) is 0 Å². The Hall–Kier alpha value is -2.29. The van der Waals surface area contributed by atoms with Crippen LogP contribution in [0.2, 0.25) is 0 Å². The molecule has 3 aromatic rings. The van der Waals surface area contributed by atoms with Crippen LogP contribution in [0, 0.1) is 0 Å². The molecular formula is C18H21N3. The van der Waals surface area contributed by atoms with E-state index in [1.165, 1.54) is 24.0 Å². The van der Waals surface area contributed by atoms with E-state index in [9.17, 15) is 0 Å². The van der Waals surface area contributed by atoms with Crippen molar-refractivity contribution in [2.45, 2.75) is 26.2 Å². The molecule has 0 atom stereocenters. The molecule has 1 aromatic carbocycles. The number of nitrogens with zero attached hydrogens (tertiary/aromatic N) is 2. The molecule has 2 aromatic heterocycles. The lowest BCUT2D eigenvalue weighted by Crippen LogP contribution is -1.96. The zero-order valence-electron chi connectivity index (χ0n) is 12.6. The number of nitrogens with one attached hydrogen (secondary N) is 1. The maximum atomic E-state index is 4.60. The van der Waals surface area contributed by atoms with Crippen LogP contribution in [0.15, 0.2) is 48.8 Å². The molecule has 1 N–H and O–H groups in total. The summed E-state index contributed by atoms with van der Waals surface area (Å²) >= 11 is 0. The van der Waals surface area contributed by atoms with Gasteiger partial charge in [0, 0.05) is 25.0 Å². The van der Waals surface area contributed by atoms with Crippen LogP contribution in [0.1, 0.15) is 25.3 Å². The van der Waals surface area contributed by atoms with Crippen molar-refractivity contribution in [2.24, 2.45) is 0 Å². The Morgan fingerprint density at radius 3 is 2.90 bits per heavy atom. The summed E-state index contributed by atoms with van der Waals surface area (Å²) in [6, 6.07) is 13.0. The highest BCUT2D eigenvalue weighted by atomic mass is 15.1. The van der Waals surface area contributed by atoms with Crippen molar-refractivity contribution in [3.05, 3.63) is 54.4 Å². The Kier molecular flexibility index (Phi) is 3.91. The third kappa shape index (κ3) is 2.64. The highest BCUT2D eigenvalue weighted by Gasteiger charge is 2.08. The molecule has 0 saturated carbocycles. The maximum absolute atomic E-state index is 4.60. The molecule has 0 unspecified atom stereocenters. The fourth-order valence-corrected chi connectivity index (χ4v) is 2.72. The topological polar surface area (TPSA) is 29.3 Å². The molecule has 0 amide bonds. The zero-order chi connectivity index (χ0) is 14.7. The van der Waals surface area contributed by atoms with Crippen LogP contribution in [-0.4, -0.2) is 16.4 Å². The van der Waals surface area contributed by atoms with E-state index in [1.807, 2.05) is 19.4 Å². The van der Waals surface area contributed by atoms with E-state index in [1.54, 1.807) is 0 Å². The predicted molar refractivity (Wildman–Crippen MR) is 88.8 cm³/mol. The number of aromatic nitrogens is 2. The monoisotopic (exact) mass is 279 g/mol. The average molecular weight is 279 g/mol. The van der Waals surface area contributed by atoms with Crippen LogP contribution < -0.4 is 5.32 Å². The first-order valence-corrected chi connectivity index (χ1v) is 7.56. The fraction of sp³-hybridized carbons (Fsp3) is 0.278. The minimum absolute atomic E-state index is 1.04. The lowest BCUT2D eigenvalue weighted by Gasteiger charge is -2.08. The van der Waals surface area contributed by atoms with Gasteiger partial charge in [0.05, 0.1) is 11.2 Å². The fourth-order valence-electron chi connectivity index (χ4n) is 2.72. The molecule has 108 valence electrons. The maximum Gasteiger partial charge on any atom is 0.110 e. The number of fused-ring (bicyclic) bond motifs is 1. The van der Waals surface area contributed by atoms with Crippen molar-refractivity contribution >= 4 is 11.3 Å². The summed E-state index contributed by atoms with van der Waals surface area (Å²) in [6.45, 7) is 2.23. The summed E-state index contributed by atoms with van der Waals surface area (Å²) < 4.78 is 2.14. The van der Waals surface area contributed by atoms with Gasteiger partial charge in [0.15, 0.2) is 0 Å². The van der Waals surface area contributed by atoms with Crippen molar-refractivity contribution in [1.82, 2.24) is 9.38 Å². The van der Waals surface area contributed by atoms with Gasteiger partial charge < -0.3 is 5.32 Å². The van der Waals surface area contributed by atoms with Gasteiger partial charge in [-0.2, -0.15) is 0 Å². The van der Waals surface area contributed by atoms with Gasteiger partial charge in [-0.25, -0.2) is 0 Å². The molecule has 0 saturated heterocycles. The Morgan fingerprint density at radius 1 is 1.19 bits per heavy atom. The molecular weight excluding hydrogens is 258 g/mol. The Labute approximate surface area is 125 Å². The summed E-state index contributed by atoms with van der Waals surface area (Å²) in [5, 5.41) is 3.20. The normalized spacial score (nSPS) is 11.0. The van der Waals surface area contributed by atoms with Gasteiger partial charge in [-0.15, -0.1) is 0 Å². The molecule has 0 spiro atoms. The van der Waals surface area contributed by atoms with Gasteiger partial charge in [0.2, 0.25) is 0 Å². The highest BCUT2D eigenvalue weighted by Crippen LogP contribution is 2.26. The van der Waals surface area contributed by atoms with E-state index in [-0.39, 0.29) is 0 Å². The number of hydrogen-bond donors (Lipinski definition) is 1. The van der Waals surface area contributed by atoms with E-state index in [2.05, 4.69) is 58.0 Å². The Morgan fingerprint density at radius 2 is 2.10 bits per heavy atom. The van der Waals surface area contributed by atoms with E-state index >= 15 is 0 Å². The van der Waals surface area contributed by atoms with Gasteiger partial charge in [-0.3, -0.25) is 9.38 Å². The molecule has 3 heteroatoms. The molecule has 0 fully saturated rings. The number of hydrogen-bond acceptors (Lipinski definition) is 2. The van der Waals surface area contributed by atoms with Gasteiger partial charge in [0.1, 0.15) is 5.82 Å². The van der Waals surface area contributed by atoms with E-state index in [4.69, 9.17) is 0 Å². The smallest absolute Gasteiger partial charge is 0.110 e. The van der Waals surface area contributed by atoms with Crippen LogP contribution in [0.5, 0.6) is 0 Å². The first-order valence-electron chi connectivity index (χ1n) is 7.56. The second-order valence-corrected chi connectivity index (χ2v) is 5.30. The third-order valence-electron chi connectivity index (χ3n) is 3.86. The number of rotatable bonds is 5. The predicted octanol–water partition coefficient (Wildman–Crippen LogP) is 4.39. The van der Waals surface area contributed by atoms with Crippen molar-refractivity contribution in [3.63, 3.8) is 0 Å². The molecule has 0 aliphatic heterocycles. The van der Waals surface area contributed by atoms with Crippen molar-refractivity contribution in [3.8, 4) is 11.3 Å². The van der Waals surface area contributed by atoms with Gasteiger partial charge in [-0.05, 0) is 36.6 Å². The molecule has 0 radical (unpaired) electrons. The minimum Gasteiger partial charge on any atom is -0.374 e. The average Bonchev–Trinajstić information content (AvgIpc) is 2.96. The molecule has 21 heavy (non-hydrogen) atoms. The zero-order valence-corrected chi connectivity index (χ0v) is 12.6. The Bertz CT molecular complexity index is 743. The van der Waals surface area contributed by atoms with Crippen LogP contribution in [0.25, 0.3) is 16.8 Å². The molecule has 0 bridgehead atoms. The second-order valence-electron chi connectivity index (χ2n) is 5.30. The van der Waals surface area contributed by atoms with E-state index in [0.717, 1.165) is 23.4 Å². The minimum atomic E-state index is 1.04. The summed E-state index contributed by atoms with van der Waals surface area (Å²) in [7, 11) is 1.94.